The summed E-state index contributed by atoms with van der Waals surface area (Å²) in [7, 11) is 1.76. The van der Waals surface area contributed by atoms with Crippen molar-refractivity contribution in [2.45, 2.75) is 12.8 Å². The highest BCUT2D eigenvalue weighted by molar-refractivity contribution is 6.04. The van der Waals surface area contributed by atoms with Crippen LogP contribution in [0.25, 0.3) is 0 Å². The number of benzene rings is 2. The fourth-order valence-electron chi connectivity index (χ4n) is 2.74. The van der Waals surface area contributed by atoms with Crippen LogP contribution in [0.15, 0.2) is 79.0 Å². The molecule has 1 amide bonds. The Morgan fingerprint density at radius 1 is 0.962 bits per heavy atom. The van der Waals surface area contributed by atoms with Gasteiger partial charge in [-0.2, -0.15) is 0 Å². The Morgan fingerprint density at radius 3 is 2.31 bits per heavy atom. The number of carbonyl (C=O) groups excluding carboxylic acids is 1. The first kappa shape index (κ1) is 17.7. The molecular formula is C22H23N3O. The molecule has 0 radical (unpaired) electrons. The van der Waals surface area contributed by atoms with Crippen molar-refractivity contribution in [2.24, 2.45) is 0 Å². The molecule has 0 aliphatic heterocycles. The van der Waals surface area contributed by atoms with Gasteiger partial charge in [-0.1, -0.05) is 48.5 Å². The van der Waals surface area contributed by atoms with Crippen molar-refractivity contribution in [3.05, 3.63) is 90.3 Å². The van der Waals surface area contributed by atoms with Gasteiger partial charge in [0, 0.05) is 19.3 Å². The van der Waals surface area contributed by atoms with E-state index in [1.54, 1.807) is 24.2 Å². The van der Waals surface area contributed by atoms with Gasteiger partial charge in [0.2, 0.25) is 0 Å². The van der Waals surface area contributed by atoms with Crippen molar-refractivity contribution in [2.75, 3.05) is 23.8 Å². The van der Waals surface area contributed by atoms with Crippen molar-refractivity contribution in [1.29, 1.82) is 0 Å². The van der Waals surface area contributed by atoms with Gasteiger partial charge in [-0.3, -0.25) is 4.79 Å². The van der Waals surface area contributed by atoms with Crippen molar-refractivity contribution in [1.82, 2.24) is 4.98 Å². The highest BCUT2D eigenvalue weighted by atomic mass is 16.2. The zero-order valence-electron chi connectivity index (χ0n) is 14.9. The molecule has 3 aromatic rings. The highest BCUT2D eigenvalue weighted by Crippen LogP contribution is 2.15. The normalized spacial score (nSPS) is 10.3. The average Bonchev–Trinajstić information content (AvgIpc) is 2.72. The summed E-state index contributed by atoms with van der Waals surface area (Å²) in [6, 6.07) is 23.7. The SMILES string of the molecule is CN(C(=O)c1ccc(NCCCc2ccccc2)cn1)c1ccccc1. The standard InChI is InChI=1S/C22H23N3O/c1-25(20-12-6-3-7-13-20)22(26)21-15-14-19(17-24-21)23-16-8-11-18-9-4-2-5-10-18/h2-7,9-10,12-15,17,23H,8,11,16H2,1H3. The van der Waals surface area contributed by atoms with Gasteiger partial charge in [0.15, 0.2) is 0 Å². The second-order valence-electron chi connectivity index (χ2n) is 6.15. The number of nitrogens with zero attached hydrogens (tertiary/aromatic N) is 2. The molecule has 0 fully saturated rings. The molecule has 4 nitrogen and oxygen atoms in total. The fraction of sp³-hybridized carbons (Fsp3) is 0.182. The van der Waals surface area contributed by atoms with Crippen LogP contribution in [0.1, 0.15) is 22.5 Å². The molecule has 1 N–H and O–H groups in total. The smallest absolute Gasteiger partial charge is 0.276 e. The molecule has 0 aliphatic carbocycles. The predicted octanol–water partition coefficient (Wildman–Crippen LogP) is 4.40. The number of aryl methyl sites for hydroxylation is 1. The Kier molecular flexibility index (Phi) is 5.99. The third-order valence-corrected chi connectivity index (χ3v) is 4.24. The van der Waals surface area contributed by atoms with Crippen LogP contribution in [0.3, 0.4) is 0 Å². The first-order valence-corrected chi connectivity index (χ1v) is 8.81. The quantitative estimate of drug-likeness (QED) is 0.646. The minimum Gasteiger partial charge on any atom is -0.384 e. The summed E-state index contributed by atoms with van der Waals surface area (Å²) >= 11 is 0. The summed E-state index contributed by atoms with van der Waals surface area (Å²) < 4.78 is 0. The number of aromatic nitrogens is 1. The van der Waals surface area contributed by atoms with E-state index in [1.807, 2.05) is 42.5 Å². The number of nitrogens with one attached hydrogen (secondary N) is 1. The lowest BCUT2D eigenvalue weighted by atomic mass is 10.1. The van der Waals surface area contributed by atoms with E-state index in [0.717, 1.165) is 30.8 Å². The number of hydrogen-bond acceptors (Lipinski definition) is 3. The number of amides is 1. The van der Waals surface area contributed by atoms with E-state index in [-0.39, 0.29) is 5.91 Å². The van der Waals surface area contributed by atoms with Gasteiger partial charge in [-0.15, -0.1) is 0 Å². The highest BCUT2D eigenvalue weighted by Gasteiger charge is 2.14. The van der Waals surface area contributed by atoms with Crippen LogP contribution in [-0.4, -0.2) is 24.5 Å². The molecular weight excluding hydrogens is 322 g/mol. The fourth-order valence-corrected chi connectivity index (χ4v) is 2.74. The molecule has 132 valence electrons. The van der Waals surface area contributed by atoms with E-state index in [4.69, 9.17) is 0 Å². The summed E-state index contributed by atoms with van der Waals surface area (Å²) in [5.74, 6) is -0.119. The minimum atomic E-state index is -0.119. The summed E-state index contributed by atoms with van der Waals surface area (Å²) in [6.07, 6.45) is 3.80. The first-order valence-electron chi connectivity index (χ1n) is 8.81. The van der Waals surface area contributed by atoms with E-state index in [2.05, 4.69) is 34.6 Å². The Labute approximate surface area is 154 Å². The Morgan fingerprint density at radius 2 is 1.65 bits per heavy atom. The lowest BCUT2D eigenvalue weighted by Gasteiger charge is -2.16. The maximum Gasteiger partial charge on any atom is 0.276 e. The molecule has 0 aliphatic rings. The van der Waals surface area contributed by atoms with Crippen molar-refractivity contribution in [3.63, 3.8) is 0 Å². The lowest BCUT2D eigenvalue weighted by molar-refractivity contribution is 0.0988. The molecule has 4 heteroatoms. The number of hydrogen-bond donors (Lipinski definition) is 1. The monoisotopic (exact) mass is 345 g/mol. The molecule has 0 saturated carbocycles. The Bertz CT molecular complexity index is 817. The van der Waals surface area contributed by atoms with Crippen molar-refractivity contribution >= 4 is 17.3 Å². The van der Waals surface area contributed by atoms with Gasteiger partial charge in [0.05, 0.1) is 11.9 Å². The van der Waals surface area contributed by atoms with Crippen LogP contribution in [0.4, 0.5) is 11.4 Å². The van der Waals surface area contributed by atoms with Crippen LogP contribution in [0.5, 0.6) is 0 Å². The number of para-hydroxylation sites is 1. The number of anilines is 2. The van der Waals surface area contributed by atoms with Gasteiger partial charge in [0.1, 0.15) is 5.69 Å². The van der Waals surface area contributed by atoms with Crippen LogP contribution in [-0.2, 0) is 6.42 Å². The van der Waals surface area contributed by atoms with Gasteiger partial charge in [-0.25, -0.2) is 4.98 Å². The van der Waals surface area contributed by atoms with Gasteiger partial charge in [0.25, 0.3) is 5.91 Å². The van der Waals surface area contributed by atoms with E-state index in [0.29, 0.717) is 5.69 Å². The van der Waals surface area contributed by atoms with Gasteiger partial charge >= 0.3 is 0 Å². The molecule has 1 heterocycles. The Balaban J connectivity index is 1.51. The minimum absolute atomic E-state index is 0.119. The maximum absolute atomic E-state index is 12.5. The van der Waals surface area contributed by atoms with Crippen LogP contribution in [0, 0.1) is 0 Å². The van der Waals surface area contributed by atoms with Crippen molar-refractivity contribution in [3.8, 4) is 0 Å². The summed E-state index contributed by atoms with van der Waals surface area (Å²) in [6.45, 7) is 0.869. The Hall–Kier alpha value is -3.14. The summed E-state index contributed by atoms with van der Waals surface area (Å²) in [4.78, 5) is 18.4. The van der Waals surface area contributed by atoms with E-state index in [1.165, 1.54) is 5.56 Å². The van der Waals surface area contributed by atoms with Gasteiger partial charge in [-0.05, 0) is 42.7 Å². The van der Waals surface area contributed by atoms with Crippen LogP contribution in [0.2, 0.25) is 0 Å². The number of carbonyl (C=O) groups is 1. The van der Waals surface area contributed by atoms with Crippen molar-refractivity contribution < 1.29 is 4.79 Å². The third-order valence-electron chi connectivity index (χ3n) is 4.24. The van der Waals surface area contributed by atoms with E-state index >= 15 is 0 Å². The molecule has 0 unspecified atom stereocenters. The van der Waals surface area contributed by atoms with E-state index < -0.39 is 0 Å². The molecule has 0 atom stereocenters. The predicted molar refractivity (Wildman–Crippen MR) is 107 cm³/mol. The molecule has 2 aromatic carbocycles. The maximum atomic E-state index is 12.5. The molecule has 3 rings (SSSR count). The number of rotatable bonds is 7. The van der Waals surface area contributed by atoms with E-state index in [9.17, 15) is 4.79 Å². The molecule has 1 aromatic heterocycles. The zero-order chi connectivity index (χ0) is 18.2. The second-order valence-corrected chi connectivity index (χ2v) is 6.15. The topological polar surface area (TPSA) is 45.2 Å². The third kappa shape index (κ3) is 4.70. The second kappa shape index (κ2) is 8.81. The first-order chi connectivity index (χ1) is 12.7. The lowest BCUT2D eigenvalue weighted by Crippen LogP contribution is -2.26. The van der Waals surface area contributed by atoms with Gasteiger partial charge < -0.3 is 10.2 Å². The summed E-state index contributed by atoms with van der Waals surface area (Å²) in [5.41, 5.74) is 3.56. The van der Waals surface area contributed by atoms with Crippen LogP contribution >= 0.6 is 0 Å². The molecule has 0 bridgehead atoms. The summed E-state index contributed by atoms with van der Waals surface area (Å²) in [5, 5.41) is 3.35. The van der Waals surface area contributed by atoms with Crippen LogP contribution < -0.4 is 10.2 Å². The largest absolute Gasteiger partial charge is 0.384 e. The zero-order valence-corrected chi connectivity index (χ0v) is 14.9. The molecule has 0 spiro atoms. The molecule has 0 saturated heterocycles. The average molecular weight is 345 g/mol. The number of pyridine rings is 1. The molecule has 26 heavy (non-hydrogen) atoms.